The second-order valence-corrected chi connectivity index (χ2v) is 9.28. The van der Waals surface area contributed by atoms with Gasteiger partial charge in [-0.2, -0.15) is 0 Å². The van der Waals surface area contributed by atoms with E-state index in [9.17, 15) is 14.7 Å². The number of ether oxygens (including phenoxy) is 1. The average Bonchev–Trinajstić information content (AvgIpc) is 2.81. The lowest BCUT2D eigenvalue weighted by Crippen LogP contribution is -2.50. The number of amides is 1. The van der Waals surface area contributed by atoms with E-state index in [0.717, 1.165) is 30.4 Å². The van der Waals surface area contributed by atoms with Crippen LogP contribution in [0.2, 0.25) is 0 Å². The van der Waals surface area contributed by atoms with Crippen LogP contribution >= 0.6 is 15.9 Å². The Hall–Kier alpha value is -3.58. The maximum absolute atomic E-state index is 13.8. The molecule has 0 aliphatic heterocycles. The molecule has 0 radical (unpaired) electrons. The molecule has 6 nitrogen and oxygen atoms in total. The maximum atomic E-state index is 13.8. The number of hydrogen-bond donors (Lipinski definition) is 2. The van der Waals surface area contributed by atoms with E-state index in [1.165, 1.54) is 0 Å². The highest BCUT2D eigenvalue weighted by atomic mass is 79.9. The van der Waals surface area contributed by atoms with Gasteiger partial charge in [0.15, 0.2) is 0 Å². The van der Waals surface area contributed by atoms with Crippen LogP contribution in [0.3, 0.4) is 0 Å². The molecule has 1 saturated carbocycles. The summed E-state index contributed by atoms with van der Waals surface area (Å²) in [5.74, 6) is 1.02. The highest BCUT2D eigenvalue weighted by Crippen LogP contribution is 2.42. The summed E-state index contributed by atoms with van der Waals surface area (Å²) in [4.78, 5) is 25.1. The molecule has 3 aromatic carbocycles. The van der Waals surface area contributed by atoms with Gasteiger partial charge in [0.1, 0.15) is 17.1 Å². The number of rotatable bonds is 5. The lowest BCUT2D eigenvalue weighted by Gasteiger charge is -2.42. The van der Waals surface area contributed by atoms with E-state index in [0.29, 0.717) is 38.1 Å². The number of hydrogen-bond acceptors (Lipinski definition) is 4. The number of nitrogens with one attached hydrogen (secondary N) is 1. The van der Waals surface area contributed by atoms with Crippen molar-refractivity contribution >= 4 is 33.0 Å². The molecule has 1 aromatic heterocycles. The van der Waals surface area contributed by atoms with E-state index >= 15 is 0 Å². The predicted octanol–water partition coefficient (Wildman–Crippen LogP) is 6.54. The van der Waals surface area contributed by atoms with E-state index in [4.69, 9.17) is 9.15 Å². The number of benzene rings is 3. The first-order valence-corrected chi connectivity index (χ1v) is 11.7. The van der Waals surface area contributed by atoms with Gasteiger partial charge in [-0.25, -0.2) is 4.79 Å². The Morgan fingerprint density at radius 1 is 1.06 bits per heavy atom. The molecule has 2 N–H and O–H groups in total. The van der Waals surface area contributed by atoms with E-state index < -0.39 is 11.6 Å². The summed E-state index contributed by atoms with van der Waals surface area (Å²) in [7, 11) is 1.55. The molecule has 1 aliphatic rings. The van der Waals surface area contributed by atoms with Gasteiger partial charge in [0, 0.05) is 5.56 Å². The third-order valence-corrected chi connectivity index (χ3v) is 7.10. The van der Waals surface area contributed by atoms with Gasteiger partial charge in [0.05, 0.1) is 28.1 Å². The lowest BCUT2D eigenvalue weighted by molar-refractivity contribution is 0.144. The second kappa shape index (κ2) is 8.65. The summed E-state index contributed by atoms with van der Waals surface area (Å²) in [6, 6.07) is 20.4. The topological polar surface area (TPSA) is 88.8 Å². The van der Waals surface area contributed by atoms with Gasteiger partial charge >= 0.3 is 6.09 Å². The van der Waals surface area contributed by atoms with Crippen LogP contribution in [0.5, 0.6) is 5.75 Å². The standard InChI is InChI=1S/C27H22BrNO5/c1-33-22-14-19-21(15-20(22)28)34-25(17-6-3-2-4-7-17)23(24(19)30)16-8-10-18(11-9-16)27(12-5-13-27)29-26(31)32/h2-4,6-11,14-15,29H,5,12-13H2,1H3,(H,31,32). The maximum Gasteiger partial charge on any atom is 0.405 e. The third-order valence-electron chi connectivity index (χ3n) is 6.48. The van der Waals surface area contributed by atoms with Gasteiger partial charge in [-0.15, -0.1) is 0 Å². The summed E-state index contributed by atoms with van der Waals surface area (Å²) < 4.78 is 12.4. The van der Waals surface area contributed by atoms with Crippen molar-refractivity contribution < 1.29 is 19.1 Å². The van der Waals surface area contributed by atoms with E-state index in [1.54, 1.807) is 19.2 Å². The van der Waals surface area contributed by atoms with Crippen LogP contribution < -0.4 is 15.5 Å². The van der Waals surface area contributed by atoms with E-state index in [1.807, 2.05) is 54.6 Å². The van der Waals surface area contributed by atoms with Gasteiger partial charge < -0.3 is 19.6 Å². The highest BCUT2D eigenvalue weighted by Gasteiger charge is 2.40. The number of fused-ring (bicyclic) bond motifs is 1. The first kappa shape index (κ1) is 22.2. The van der Waals surface area contributed by atoms with Crippen LogP contribution in [-0.4, -0.2) is 18.3 Å². The zero-order chi connectivity index (χ0) is 23.9. The van der Waals surface area contributed by atoms with E-state index in [2.05, 4.69) is 21.2 Å². The number of methoxy groups -OCH3 is 1. The van der Waals surface area contributed by atoms with Crippen LogP contribution in [0.1, 0.15) is 24.8 Å². The molecule has 1 fully saturated rings. The molecule has 0 saturated heterocycles. The fourth-order valence-corrected chi connectivity index (χ4v) is 5.07. The molecule has 4 aromatic rings. The van der Waals surface area contributed by atoms with Crippen molar-refractivity contribution in [1.82, 2.24) is 5.32 Å². The molecular formula is C27H22BrNO5. The molecule has 1 amide bonds. The van der Waals surface area contributed by atoms with Gasteiger partial charge in [0.25, 0.3) is 0 Å². The summed E-state index contributed by atoms with van der Waals surface area (Å²) >= 11 is 3.47. The van der Waals surface area contributed by atoms with Crippen molar-refractivity contribution in [2.75, 3.05) is 7.11 Å². The van der Waals surface area contributed by atoms with E-state index in [-0.39, 0.29) is 5.43 Å². The third kappa shape index (κ3) is 3.76. The van der Waals surface area contributed by atoms with Crippen molar-refractivity contribution in [2.24, 2.45) is 0 Å². The Bertz CT molecular complexity index is 1440. The minimum Gasteiger partial charge on any atom is -0.496 e. The van der Waals surface area contributed by atoms with Gasteiger partial charge in [-0.3, -0.25) is 4.79 Å². The van der Waals surface area contributed by atoms with Crippen molar-refractivity contribution in [1.29, 1.82) is 0 Å². The van der Waals surface area contributed by atoms with Crippen LogP contribution in [0.4, 0.5) is 4.79 Å². The Morgan fingerprint density at radius 3 is 2.35 bits per heavy atom. The van der Waals surface area contributed by atoms with Crippen LogP contribution in [0.15, 0.2) is 80.4 Å². The number of halogens is 1. The fourth-order valence-electron chi connectivity index (χ4n) is 4.58. The molecule has 0 atom stereocenters. The Morgan fingerprint density at radius 2 is 1.76 bits per heavy atom. The average molecular weight is 520 g/mol. The monoisotopic (exact) mass is 519 g/mol. The molecule has 1 heterocycles. The minimum atomic E-state index is -1.04. The Kier molecular flexibility index (Phi) is 5.65. The molecule has 34 heavy (non-hydrogen) atoms. The normalized spacial score (nSPS) is 14.4. The van der Waals surface area contributed by atoms with Gasteiger partial charge in [0.2, 0.25) is 5.43 Å². The van der Waals surface area contributed by atoms with Crippen LogP contribution in [0.25, 0.3) is 33.4 Å². The lowest BCUT2D eigenvalue weighted by atomic mass is 9.71. The molecule has 0 unspecified atom stereocenters. The summed E-state index contributed by atoms with van der Waals surface area (Å²) in [5, 5.41) is 12.4. The highest BCUT2D eigenvalue weighted by molar-refractivity contribution is 9.10. The molecule has 5 rings (SSSR count). The van der Waals surface area contributed by atoms with Crippen LogP contribution in [-0.2, 0) is 5.54 Å². The van der Waals surface area contributed by atoms with Gasteiger partial charge in [-0.1, -0.05) is 54.6 Å². The zero-order valence-corrected chi connectivity index (χ0v) is 20.0. The zero-order valence-electron chi connectivity index (χ0n) is 18.4. The minimum absolute atomic E-state index is 0.166. The van der Waals surface area contributed by atoms with Crippen molar-refractivity contribution in [2.45, 2.75) is 24.8 Å². The SMILES string of the molecule is COc1cc2c(=O)c(-c3ccc(C4(NC(=O)O)CCC4)cc3)c(-c3ccccc3)oc2cc1Br. The quantitative estimate of drug-likeness (QED) is 0.312. The molecule has 7 heteroatoms. The fraction of sp³-hybridized carbons (Fsp3) is 0.185. The Balaban J connectivity index is 1.70. The van der Waals surface area contributed by atoms with Crippen molar-refractivity contribution in [3.63, 3.8) is 0 Å². The first-order chi connectivity index (χ1) is 16.4. The summed E-state index contributed by atoms with van der Waals surface area (Å²) in [6.07, 6.45) is 1.43. The largest absolute Gasteiger partial charge is 0.496 e. The molecule has 172 valence electrons. The molecule has 1 aliphatic carbocycles. The summed E-state index contributed by atoms with van der Waals surface area (Å²) in [6.45, 7) is 0. The smallest absolute Gasteiger partial charge is 0.405 e. The van der Waals surface area contributed by atoms with Crippen molar-refractivity contribution in [3.8, 4) is 28.2 Å². The summed E-state index contributed by atoms with van der Waals surface area (Å²) in [5.41, 5.74) is 2.54. The Labute approximate surface area is 204 Å². The van der Waals surface area contributed by atoms with Crippen LogP contribution in [0, 0.1) is 0 Å². The van der Waals surface area contributed by atoms with Crippen molar-refractivity contribution in [3.05, 3.63) is 87.0 Å². The van der Waals surface area contributed by atoms with Gasteiger partial charge in [-0.05, 0) is 58.5 Å². The molecule has 0 bridgehead atoms. The molecular weight excluding hydrogens is 498 g/mol. The first-order valence-electron chi connectivity index (χ1n) is 10.9. The second-order valence-electron chi connectivity index (χ2n) is 8.43. The predicted molar refractivity (Wildman–Crippen MR) is 134 cm³/mol. The molecule has 0 spiro atoms. The number of carboxylic acid groups (broad SMARTS) is 1. The number of carbonyl (C=O) groups is 1.